The van der Waals surface area contributed by atoms with Gasteiger partial charge in [0.1, 0.15) is 5.82 Å². The fraction of sp³-hybridized carbons (Fsp3) is 0. The van der Waals surface area contributed by atoms with Gasteiger partial charge in [-0.05, 0) is 28.1 Å². The van der Waals surface area contributed by atoms with E-state index in [-0.39, 0.29) is 0 Å². The highest BCUT2D eigenvalue weighted by atomic mass is 79.9. The molecule has 2 aromatic heterocycles. The maximum atomic E-state index is 5.89. The molecule has 0 aliphatic carbocycles. The third kappa shape index (κ3) is 2.37. The molecule has 4 nitrogen and oxygen atoms in total. The smallest absolute Gasteiger partial charge is 0.132 e. The monoisotopic (exact) mass is 314 g/mol. The number of aromatic amines is 1. The zero-order valence-corrected chi connectivity index (χ0v) is 11.6. The van der Waals surface area contributed by atoms with E-state index in [2.05, 4.69) is 31.1 Å². The maximum Gasteiger partial charge on any atom is 0.132 e. The number of rotatable bonds is 2. The van der Waals surface area contributed by atoms with E-state index in [4.69, 9.17) is 5.73 Å². The molecular formula is C14H11BrN4. The Morgan fingerprint density at radius 3 is 2.68 bits per heavy atom. The third-order valence-electron chi connectivity index (χ3n) is 2.82. The molecule has 0 atom stereocenters. The number of anilines is 1. The molecule has 0 saturated heterocycles. The van der Waals surface area contributed by atoms with Gasteiger partial charge >= 0.3 is 0 Å². The molecule has 0 bridgehead atoms. The van der Waals surface area contributed by atoms with Crippen LogP contribution in [0, 0.1) is 0 Å². The van der Waals surface area contributed by atoms with E-state index in [1.54, 1.807) is 6.20 Å². The molecule has 94 valence electrons. The first-order chi connectivity index (χ1) is 9.24. The van der Waals surface area contributed by atoms with Crippen molar-refractivity contribution in [2.75, 3.05) is 5.73 Å². The molecule has 3 N–H and O–H groups in total. The minimum atomic E-state index is 0.478. The summed E-state index contributed by atoms with van der Waals surface area (Å²) < 4.78 is 0.882. The van der Waals surface area contributed by atoms with Gasteiger partial charge in [-0.2, -0.15) is 5.10 Å². The lowest BCUT2D eigenvalue weighted by atomic mass is 10.1. The zero-order valence-electron chi connectivity index (χ0n) is 9.97. The highest BCUT2D eigenvalue weighted by Gasteiger charge is 2.09. The fourth-order valence-corrected chi connectivity index (χ4v) is 2.21. The van der Waals surface area contributed by atoms with E-state index < -0.39 is 0 Å². The molecule has 19 heavy (non-hydrogen) atoms. The van der Waals surface area contributed by atoms with Crippen LogP contribution in [0.2, 0.25) is 0 Å². The average molecular weight is 315 g/mol. The molecule has 0 spiro atoms. The minimum absolute atomic E-state index is 0.478. The molecule has 0 amide bonds. The van der Waals surface area contributed by atoms with Crippen LogP contribution in [0.4, 0.5) is 5.82 Å². The van der Waals surface area contributed by atoms with Crippen molar-refractivity contribution in [2.24, 2.45) is 0 Å². The third-order valence-corrected chi connectivity index (χ3v) is 3.26. The number of nitrogen functional groups attached to an aromatic ring is 1. The predicted octanol–water partition coefficient (Wildman–Crippen LogP) is 3.48. The Hall–Kier alpha value is -2.14. The summed E-state index contributed by atoms with van der Waals surface area (Å²) in [6.07, 6.45) is 1.67. The van der Waals surface area contributed by atoms with E-state index in [1.165, 1.54) is 0 Å². The molecule has 3 rings (SSSR count). The van der Waals surface area contributed by atoms with Crippen LogP contribution in [-0.4, -0.2) is 15.2 Å². The van der Waals surface area contributed by atoms with Crippen molar-refractivity contribution in [2.45, 2.75) is 0 Å². The van der Waals surface area contributed by atoms with Crippen LogP contribution in [0.1, 0.15) is 0 Å². The van der Waals surface area contributed by atoms with Crippen molar-refractivity contribution < 1.29 is 0 Å². The largest absolute Gasteiger partial charge is 0.383 e. The SMILES string of the molecule is Nc1ncc(Br)cc1-c1cc(-c2ccccc2)n[nH]1. The Bertz CT molecular complexity index is 706. The number of H-pyrrole nitrogens is 1. The lowest BCUT2D eigenvalue weighted by Crippen LogP contribution is -1.93. The zero-order chi connectivity index (χ0) is 13.2. The Balaban J connectivity index is 2.04. The predicted molar refractivity (Wildman–Crippen MR) is 79.4 cm³/mol. The van der Waals surface area contributed by atoms with Gasteiger partial charge in [-0.3, -0.25) is 5.10 Å². The molecule has 0 radical (unpaired) electrons. The number of nitrogens with two attached hydrogens (primary N) is 1. The van der Waals surface area contributed by atoms with Crippen LogP contribution < -0.4 is 5.73 Å². The number of halogens is 1. The Kier molecular flexibility index (Phi) is 3.05. The van der Waals surface area contributed by atoms with Crippen molar-refractivity contribution in [3.05, 3.63) is 53.1 Å². The summed E-state index contributed by atoms with van der Waals surface area (Å²) in [5, 5.41) is 7.31. The molecule has 0 aliphatic heterocycles. The standard InChI is InChI=1S/C14H11BrN4/c15-10-6-11(14(16)17-8-10)13-7-12(18-19-13)9-4-2-1-3-5-9/h1-8H,(H2,16,17)(H,18,19). The lowest BCUT2D eigenvalue weighted by molar-refractivity contribution is 1.10. The number of pyridine rings is 1. The quantitative estimate of drug-likeness (QED) is 0.761. The fourth-order valence-electron chi connectivity index (χ4n) is 1.88. The van der Waals surface area contributed by atoms with Crippen molar-refractivity contribution in [1.29, 1.82) is 0 Å². The first-order valence-electron chi connectivity index (χ1n) is 5.76. The lowest BCUT2D eigenvalue weighted by Gasteiger charge is -2.01. The summed E-state index contributed by atoms with van der Waals surface area (Å²) in [4.78, 5) is 4.12. The minimum Gasteiger partial charge on any atom is -0.383 e. The van der Waals surface area contributed by atoms with Crippen molar-refractivity contribution in [3.63, 3.8) is 0 Å². The Labute approximate surface area is 118 Å². The number of nitrogens with one attached hydrogen (secondary N) is 1. The van der Waals surface area contributed by atoms with Crippen LogP contribution >= 0.6 is 15.9 Å². The van der Waals surface area contributed by atoms with Crippen LogP contribution in [-0.2, 0) is 0 Å². The Morgan fingerprint density at radius 2 is 1.89 bits per heavy atom. The Morgan fingerprint density at radius 1 is 1.11 bits per heavy atom. The second kappa shape index (κ2) is 4.85. The van der Waals surface area contributed by atoms with Gasteiger partial charge in [-0.25, -0.2) is 4.98 Å². The van der Waals surface area contributed by atoms with Gasteiger partial charge in [0.2, 0.25) is 0 Å². The van der Waals surface area contributed by atoms with E-state index in [0.717, 1.165) is 27.0 Å². The van der Waals surface area contributed by atoms with Crippen LogP contribution in [0.3, 0.4) is 0 Å². The molecule has 1 aromatic carbocycles. The van der Waals surface area contributed by atoms with E-state index in [9.17, 15) is 0 Å². The summed E-state index contributed by atoms with van der Waals surface area (Å²) >= 11 is 3.39. The summed E-state index contributed by atoms with van der Waals surface area (Å²) in [6, 6.07) is 13.9. The maximum absolute atomic E-state index is 5.89. The van der Waals surface area contributed by atoms with Gasteiger partial charge in [0.25, 0.3) is 0 Å². The second-order valence-electron chi connectivity index (χ2n) is 4.12. The molecule has 0 unspecified atom stereocenters. The van der Waals surface area contributed by atoms with Crippen molar-refractivity contribution >= 4 is 21.7 Å². The van der Waals surface area contributed by atoms with Gasteiger partial charge in [0, 0.05) is 21.8 Å². The van der Waals surface area contributed by atoms with Crippen LogP contribution in [0.5, 0.6) is 0 Å². The summed E-state index contributed by atoms with van der Waals surface area (Å²) in [5.74, 6) is 0.478. The molecule has 0 fully saturated rings. The highest BCUT2D eigenvalue weighted by Crippen LogP contribution is 2.28. The molecular weight excluding hydrogens is 304 g/mol. The molecule has 2 heterocycles. The number of hydrogen-bond donors (Lipinski definition) is 2. The van der Waals surface area contributed by atoms with E-state index in [0.29, 0.717) is 5.82 Å². The van der Waals surface area contributed by atoms with E-state index in [1.807, 2.05) is 42.5 Å². The van der Waals surface area contributed by atoms with Crippen molar-refractivity contribution in [3.8, 4) is 22.5 Å². The molecule has 0 aliphatic rings. The number of nitrogens with zero attached hydrogens (tertiary/aromatic N) is 2. The van der Waals surface area contributed by atoms with Crippen LogP contribution in [0.25, 0.3) is 22.5 Å². The molecule has 0 saturated carbocycles. The summed E-state index contributed by atoms with van der Waals surface area (Å²) in [6.45, 7) is 0. The van der Waals surface area contributed by atoms with Gasteiger partial charge < -0.3 is 5.73 Å². The van der Waals surface area contributed by atoms with Gasteiger partial charge in [-0.1, -0.05) is 30.3 Å². The average Bonchev–Trinajstić information content (AvgIpc) is 2.92. The second-order valence-corrected chi connectivity index (χ2v) is 5.03. The van der Waals surface area contributed by atoms with Crippen LogP contribution in [0.15, 0.2) is 53.1 Å². The summed E-state index contributed by atoms with van der Waals surface area (Å²) in [5.41, 5.74) is 9.52. The number of hydrogen-bond acceptors (Lipinski definition) is 3. The topological polar surface area (TPSA) is 67.6 Å². The van der Waals surface area contributed by atoms with Gasteiger partial charge in [0.05, 0.1) is 11.4 Å². The summed E-state index contributed by atoms with van der Waals surface area (Å²) in [7, 11) is 0. The molecule has 5 heteroatoms. The van der Waals surface area contributed by atoms with Gasteiger partial charge in [0.15, 0.2) is 0 Å². The first kappa shape index (κ1) is 11.9. The normalized spacial score (nSPS) is 10.6. The first-order valence-corrected chi connectivity index (χ1v) is 6.55. The van der Waals surface area contributed by atoms with Gasteiger partial charge in [-0.15, -0.1) is 0 Å². The molecule has 3 aromatic rings. The van der Waals surface area contributed by atoms with E-state index >= 15 is 0 Å². The number of aromatic nitrogens is 3. The highest BCUT2D eigenvalue weighted by molar-refractivity contribution is 9.10. The number of benzene rings is 1. The van der Waals surface area contributed by atoms with Crippen molar-refractivity contribution in [1.82, 2.24) is 15.2 Å².